The van der Waals surface area contributed by atoms with Crippen molar-refractivity contribution in [2.45, 2.75) is 0 Å². The monoisotopic (exact) mass is 304 g/mol. The standard InChI is InChI=1S/C18H13FN4/c1-21-18-9-15(11-22-23-18)12-3-2-4-13(7-12)17-6-5-16(19)8-14(17)10-20/h2-9,11H,1H3,(H,21,23). The molecule has 1 aromatic heterocycles. The number of hydrogen-bond acceptors (Lipinski definition) is 4. The molecule has 0 aliphatic heterocycles. The van der Waals surface area contributed by atoms with Crippen LogP contribution in [0.1, 0.15) is 5.56 Å². The zero-order valence-electron chi connectivity index (χ0n) is 12.4. The fraction of sp³-hybridized carbons (Fsp3) is 0.0556. The molecule has 0 aliphatic rings. The highest BCUT2D eigenvalue weighted by Gasteiger charge is 2.08. The van der Waals surface area contributed by atoms with E-state index >= 15 is 0 Å². The molecule has 0 saturated carbocycles. The molecule has 112 valence electrons. The summed E-state index contributed by atoms with van der Waals surface area (Å²) >= 11 is 0. The Hall–Kier alpha value is -3.26. The second-order valence-electron chi connectivity index (χ2n) is 4.96. The molecule has 0 amide bonds. The molecule has 5 heteroatoms. The predicted molar refractivity (Wildman–Crippen MR) is 87.1 cm³/mol. The molecule has 0 bridgehead atoms. The molecule has 23 heavy (non-hydrogen) atoms. The van der Waals surface area contributed by atoms with Crippen LogP contribution in [0.4, 0.5) is 10.2 Å². The molecule has 2 aromatic carbocycles. The number of aromatic nitrogens is 2. The van der Waals surface area contributed by atoms with Crippen LogP contribution in [0.2, 0.25) is 0 Å². The summed E-state index contributed by atoms with van der Waals surface area (Å²) in [4.78, 5) is 0. The molecular formula is C18H13FN4. The lowest BCUT2D eigenvalue weighted by Crippen LogP contribution is -1.94. The fourth-order valence-corrected chi connectivity index (χ4v) is 2.37. The summed E-state index contributed by atoms with van der Waals surface area (Å²) in [5.74, 6) is 0.255. The van der Waals surface area contributed by atoms with Gasteiger partial charge in [0.25, 0.3) is 0 Å². The summed E-state index contributed by atoms with van der Waals surface area (Å²) in [6, 6.07) is 15.8. The zero-order chi connectivity index (χ0) is 16.2. The Morgan fingerprint density at radius 2 is 1.87 bits per heavy atom. The summed E-state index contributed by atoms with van der Waals surface area (Å²) in [6.45, 7) is 0. The first-order chi connectivity index (χ1) is 11.2. The number of anilines is 1. The molecular weight excluding hydrogens is 291 g/mol. The first kappa shape index (κ1) is 14.7. The van der Waals surface area contributed by atoms with Gasteiger partial charge in [0, 0.05) is 12.6 Å². The van der Waals surface area contributed by atoms with E-state index < -0.39 is 5.82 Å². The number of nitriles is 1. The summed E-state index contributed by atoms with van der Waals surface area (Å²) in [5.41, 5.74) is 3.72. The van der Waals surface area contributed by atoms with E-state index in [1.807, 2.05) is 36.4 Å². The number of nitrogens with one attached hydrogen (secondary N) is 1. The molecule has 0 atom stereocenters. The van der Waals surface area contributed by atoms with Crippen molar-refractivity contribution in [1.29, 1.82) is 5.26 Å². The van der Waals surface area contributed by atoms with Gasteiger partial charge in [-0.3, -0.25) is 0 Å². The number of benzene rings is 2. The minimum atomic E-state index is -0.418. The van der Waals surface area contributed by atoms with Crippen LogP contribution in [-0.2, 0) is 0 Å². The summed E-state index contributed by atoms with van der Waals surface area (Å²) in [6.07, 6.45) is 1.68. The lowest BCUT2D eigenvalue weighted by Gasteiger charge is -2.08. The third kappa shape index (κ3) is 3.01. The Morgan fingerprint density at radius 3 is 2.65 bits per heavy atom. The van der Waals surface area contributed by atoms with E-state index in [9.17, 15) is 9.65 Å². The lowest BCUT2D eigenvalue weighted by molar-refractivity contribution is 0.627. The maximum Gasteiger partial charge on any atom is 0.149 e. The quantitative estimate of drug-likeness (QED) is 0.798. The molecule has 3 aromatic rings. The van der Waals surface area contributed by atoms with Gasteiger partial charge in [-0.25, -0.2) is 4.39 Å². The Kier molecular flexibility index (Phi) is 3.98. The van der Waals surface area contributed by atoms with E-state index in [0.717, 1.165) is 16.7 Å². The van der Waals surface area contributed by atoms with Gasteiger partial charge in [-0.05, 0) is 41.0 Å². The van der Waals surface area contributed by atoms with Gasteiger partial charge in [-0.1, -0.05) is 24.3 Å². The highest BCUT2D eigenvalue weighted by molar-refractivity contribution is 5.76. The van der Waals surface area contributed by atoms with Gasteiger partial charge in [-0.2, -0.15) is 10.4 Å². The van der Waals surface area contributed by atoms with Crippen LogP contribution in [-0.4, -0.2) is 17.2 Å². The van der Waals surface area contributed by atoms with Crippen molar-refractivity contribution >= 4 is 5.82 Å². The minimum Gasteiger partial charge on any atom is -0.372 e. The van der Waals surface area contributed by atoms with Gasteiger partial charge >= 0.3 is 0 Å². The molecule has 0 fully saturated rings. The second-order valence-corrected chi connectivity index (χ2v) is 4.96. The van der Waals surface area contributed by atoms with Gasteiger partial charge in [-0.15, -0.1) is 5.10 Å². The van der Waals surface area contributed by atoms with E-state index in [2.05, 4.69) is 15.5 Å². The molecule has 1 N–H and O–H groups in total. The van der Waals surface area contributed by atoms with Gasteiger partial charge in [0.15, 0.2) is 0 Å². The van der Waals surface area contributed by atoms with Crippen molar-refractivity contribution in [1.82, 2.24) is 10.2 Å². The van der Waals surface area contributed by atoms with Crippen LogP contribution in [0.3, 0.4) is 0 Å². The van der Waals surface area contributed by atoms with Crippen molar-refractivity contribution < 1.29 is 4.39 Å². The number of hydrogen-bond donors (Lipinski definition) is 1. The van der Waals surface area contributed by atoms with Crippen LogP contribution in [0, 0.1) is 17.1 Å². The average molecular weight is 304 g/mol. The molecule has 0 radical (unpaired) electrons. The maximum atomic E-state index is 13.3. The Bertz CT molecular complexity index is 900. The predicted octanol–water partition coefficient (Wildman–Crippen LogP) is 3.86. The van der Waals surface area contributed by atoms with Crippen LogP contribution in [0.15, 0.2) is 54.7 Å². The third-order valence-electron chi connectivity index (χ3n) is 3.52. The number of rotatable bonds is 3. The third-order valence-corrected chi connectivity index (χ3v) is 3.52. The van der Waals surface area contributed by atoms with Crippen molar-refractivity contribution in [3.05, 3.63) is 66.1 Å². The van der Waals surface area contributed by atoms with E-state index in [4.69, 9.17) is 0 Å². The SMILES string of the molecule is CNc1cc(-c2cccc(-c3ccc(F)cc3C#N)c2)cnn1. The van der Waals surface area contributed by atoms with E-state index in [-0.39, 0.29) is 0 Å². The molecule has 4 nitrogen and oxygen atoms in total. The fourth-order valence-electron chi connectivity index (χ4n) is 2.37. The van der Waals surface area contributed by atoms with Gasteiger partial charge in [0.2, 0.25) is 0 Å². The number of nitrogens with zero attached hydrogens (tertiary/aromatic N) is 3. The molecule has 0 saturated heterocycles. The topological polar surface area (TPSA) is 61.6 Å². The van der Waals surface area contributed by atoms with Crippen LogP contribution in [0.25, 0.3) is 22.3 Å². The highest BCUT2D eigenvalue weighted by atomic mass is 19.1. The van der Waals surface area contributed by atoms with Crippen LogP contribution < -0.4 is 5.32 Å². The summed E-state index contributed by atoms with van der Waals surface area (Å²) < 4.78 is 13.3. The van der Waals surface area contributed by atoms with E-state index in [1.165, 1.54) is 12.1 Å². The molecule has 1 heterocycles. The molecule has 0 spiro atoms. The normalized spacial score (nSPS) is 10.1. The zero-order valence-corrected chi connectivity index (χ0v) is 12.4. The molecule has 0 aliphatic carbocycles. The maximum absolute atomic E-state index is 13.3. The Morgan fingerprint density at radius 1 is 1.04 bits per heavy atom. The number of halogens is 1. The average Bonchev–Trinajstić information content (AvgIpc) is 2.61. The Balaban J connectivity index is 2.09. The van der Waals surface area contributed by atoms with Crippen molar-refractivity contribution in [2.75, 3.05) is 12.4 Å². The molecule has 3 rings (SSSR count). The van der Waals surface area contributed by atoms with E-state index in [1.54, 1.807) is 19.3 Å². The largest absolute Gasteiger partial charge is 0.372 e. The van der Waals surface area contributed by atoms with Crippen molar-refractivity contribution in [3.8, 4) is 28.3 Å². The highest BCUT2D eigenvalue weighted by Crippen LogP contribution is 2.29. The minimum absolute atomic E-state index is 0.311. The van der Waals surface area contributed by atoms with Gasteiger partial charge in [0.1, 0.15) is 11.6 Å². The second kappa shape index (κ2) is 6.24. The summed E-state index contributed by atoms with van der Waals surface area (Å²) in [7, 11) is 1.78. The first-order valence-corrected chi connectivity index (χ1v) is 7.02. The lowest BCUT2D eigenvalue weighted by atomic mass is 9.97. The van der Waals surface area contributed by atoms with E-state index in [0.29, 0.717) is 16.9 Å². The van der Waals surface area contributed by atoms with Crippen LogP contribution >= 0.6 is 0 Å². The van der Waals surface area contributed by atoms with Crippen LogP contribution in [0.5, 0.6) is 0 Å². The molecule has 0 unspecified atom stereocenters. The van der Waals surface area contributed by atoms with Crippen molar-refractivity contribution in [2.24, 2.45) is 0 Å². The first-order valence-electron chi connectivity index (χ1n) is 7.02. The van der Waals surface area contributed by atoms with Gasteiger partial charge < -0.3 is 5.32 Å². The van der Waals surface area contributed by atoms with Crippen molar-refractivity contribution in [3.63, 3.8) is 0 Å². The van der Waals surface area contributed by atoms with Gasteiger partial charge in [0.05, 0.1) is 17.8 Å². The smallest absolute Gasteiger partial charge is 0.149 e. The summed E-state index contributed by atoms with van der Waals surface area (Å²) in [5, 5.41) is 20.1. The Labute approximate surface area is 133 Å².